The van der Waals surface area contributed by atoms with Crippen LogP contribution in [0, 0.1) is 6.92 Å². The first-order chi connectivity index (χ1) is 10.7. The van der Waals surface area contributed by atoms with Crippen molar-refractivity contribution in [3.63, 3.8) is 0 Å². The summed E-state index contributed by atoms with van der Waals surface area (Å²) < 4.78 is 5.26. The van der Waals surface area contributed by atoms with Crippen molar-refractivity contribution in [3.05, 3.63) is 65.5 Å². The molecule has 1 amide bonds. The molecule has 1 N–H and O–H groups in total. The first kappa shape index (κ1) is 14.3. The summed E-state index contributed by atoms with van der Waals surface area (Å²) in [5.74, 6) is 0.0564. The predicted octanol–water partition coefficient (Wildman–Crippen LogP) is 3.39. The van der Waals surface area contributed by atoms with E-state index in [2.05, 4.69) is 29.4 Å². The lowest BCUT2D eigenvalue weighted by atomic mass is 10.0. The first-order valence-electron chi connectivity index (χ1n) is 7.36. The highest BCUT2D eigenvalue weighted by Gasteiger charge is 2.05. The number of hydrogen-bond donors (Lipinski definition) is 1. The third-order valence-electron chi connectivity index (χ3n) is 3.77. The van der Waals surface area contributed by atoms with E-state index in [1.807, 2.05) is 30.3 Å². The van der Waals surface area contributed by atoms with Crippen LogP contribution in [0.4, 0.5) is 0 Å². The molecule has 22 heavy (non-hydrogen) atoms. The van der Waals surface area contributed by atoms with Crippen molar-refractivity contribution in [1.82, 2.24) is 10.3 Å². The number of hydrogen-bond acceptors (Lipinski definition) is 3. The smallest absolute Gasteiger partial charge is 0.220 e. The first-order valence-corrected chi connectivity index (χ1v) is 7.36. The number of nitrogens with zero attached hydrogens (tertiary/aromatic N) is 1. The van der Waals surface area contributed by atoms with Crippen molar-refractivity contribution in [3.8, 4) is 0 Å². The van der Waals surface area contributed by atoms with Crippen molar-refractivity contribution in [2.75, 3.05) is 0 Å². The molecule has 0 saturated heterocycles. The molecule has 0 aliphatic heterocycles. The van der Waals surface area contributed by atoms with Crippen LogP contribution < -0.4 is 5.32 Å². The highest BCUT2D eigenvalue weighted by molar-refractivity contribution is 5.77. The minimum atomic E-state index is 0.0564. The van der Waals surface area contributed by atoms with Crippen LogP contribution in [0.25, 0.3) is 11.1 Å². The minimum Gasteiger partial charge on any atom is -0.443 e. The van der Waals surface area contributed by atoms with Gasteiger partial charge < -0.3 is 9.73 Å². The molecule has 4 nitrogen and oxygen atoms in total. The number of aryl methyl sites for hydroxylation is 2. The summed E-state index contributed by atoms with van der Waals surface area (Å²) in [6.07, 6.45) is 2.68. The zero-order valence-corrected chi connectivity index (χ0v) is 12.5. The van der Waals surface area contributed by atoms with Gasteiger partial charge in [0.25, 0.3) is 0 Å². The largest absolute Gasteiger partial charge is 0.443 e. The topological polar surface area (TPSA) is 55.1 Å². The molecule has 3 aromatic rings. The van der Waals surface area contributed by atoms with E-state index in [4.69, 9.17) is 4.42 Å². The highest BCUT2D eigenvalue weighted by atomic mass is 16.3. The maximum absolute atomic E-state index is 12.0. The molecule has 0 aliphatic carbocycles. The Labute approximate surface area is 129 Å². The van der Waals surface area contributed by atoms with Gasteiger partial charge in [-0.1, -0.05) is 30.3 Å². The minimum absolute atomic E-state index is 0.0564. The Morgan fingerprint density at radius 3 is 2.95 bits per heavy atom. The highest BCUT2D eigenvalue weighted by Crippen LogP contribution is 2.14. The van der Waals surface area contributed by atoms with Crippen LogP contribution >= 0.6 is 0 Å². The lowest BCUT2D eigenvalue weighted by molar-refractivity contribution is -0.121. The summed E-state index contributed by atoms with van der Waals surface area (Å²) in [6, 6.07) is 13.9. The lowest BCUT2D eigenvalue weighted by Crippen LogP contribution is -2.23. The van der Waals surface area contributed by atoms with E-state index < -0.39 is 0 Å². The third-order valence-corrected chi connectivity index (χ3v) is 3.77. The molecule has 0 unspecified atom stereocenters. The molecule has 4 heteroatoms. The summed E-state index contributed by atoms with van der Waals surface area (Å²) >= 11 is 0. The van der Waals surface area contributed by atoms with E-state index in [0.29, 0.717) is 13.0 Å². The van der Waals surface area contributed by atoms with Crippen molar-refractivity contribution in [2.45, 2.75) is 26.3 Å². The van der Waals surface area contributed by atoms with Gasteiger partial charge in [0.2, 0.25) is 5.91 Å². The number of nitrogens with one attached hydrogen (secondary N) is 1. The molecule has 0 aliphatic rings. The van der Waals surface area contributed by atoms with Crippen molar-refractivity contribution in [1.29, 1.82) is 0 Å². The fourth-order valence-corrected chi connectivity index (χ4v) is 2.44. The van der Waals surface area contributed by atoms with E-state index in [-0.39, 0.29) is 5.91 Å². The van der Waals surface area contributed by atoms with Gasteiger partial charge in [-0.05, 0) is 42.2 Å². The fraction of sp³-hybridized carbons (Fsp3) is 0.222. The van der Waals surface area contributed by atoms with Gasteiger partial charge in [0.05, 0.1) is 0 Å². The predicted molar refractivity (Wildman–Crippen MR) is 85.4 cm³/mol. The Balaban J connectivity index is 1.52. The monoisotopic (exact) mass is 294 g/mol. The number of oxazole rings is 1. The van der Waals surface area contributed by atoms with Gasteiger partial charge in [-0.2, -0.15) is 0 Å². The van der Waals surface area contributed by atoms with Gasteiger partial charge in [0.1, 0.15) is 5.52 Å². The number of rotatable bonds is 5. The molecule has 3 rings (SSSR count). The summed E-state index contributed by atoms with van der Waals surface area (Å²) in [6.45, 7) is 2.57. The molecule has 0 fully saturated rings. The quantitative estimate of drug-likeness (QED) is 0.784. The van der Waals surface area contributed by atoms with Gasteiger partial charge in [-0.15, -0.1) is 0 Å². The second-order valence-corrected chi connectivity index (χ2v) is 5.36. The SMILES string of the molecule is Cc1ccccc1CCC(=O)NCc1ccc2ncoc2c1. The van der Waals surface area contributed by atoms with E-state index in [9.17, 15) is 4.79 Å². The molecule has 112 valence electrons. The summed E-state index contributed by atoms with van der Waals surface area (Å²) in [4.78, 5) is 16.0. The summed E-state index contributed by atoms with van der Waals surface area (Å²) in [5, 5.41) is 2.94. The Bertz CT molecular complexity index is 792. The Kier molecular flexibility index (Phi) is 4.19. The number of carbonyl (C=O) groups is 1. The average Bonchev–Trinajstić information content (AvgIpc) is 2.99. The normalized spacial score (nSPS) is 10.8. The standard InChI is InChI=1S/C18H18N2O2/c1-13-4-2-3-5-15(13)7-9-18(21)19-11-14-6-8-16-17(10-14)22-12-20-16/h2-6,8,10,12H,7,9,11H2,1H3,(H,19,21). The fourth-order valence-electron chi connectivity index (χ4n) is 2.44. The third kappa shape index (κ3) is 3.34. The van der Waals surface area contributed by atoms with Crippen LogP contribution in [0.1, 0.15) is 23.1 Å². The second-order valence-electron chi connectivity index (χ2n) is 5.36. The lowest BCUT2D eigenvalue weighted by Gasteiger charge is -2.07. The number of benzene rings is 2. The van der Waals surface area contributed by atoms with E-state index in [1.54, 1.807) is 0 Å². The maximum Gasteiger partial charge on any atom is 0.220 e. The molecule has 0 spiro atoms. The molecule has 0 saturated carbocycles. The maximum atomic E-state index is 12.0. The van der Waals surface area contributed by atoms with Crippen LogP contribution in [-0.2, 0) is 17.8 Å². The summed E-state index contributed by atoms with van der Waals surface area (Å²) in [7, 11) is 0. The Hall–Kier alpha value is -2.62. The zero-order valence-electron chi connectivity index (χ0n) is 12.5. The molecule has 0 radical (unpaired) electrons. The van der Waals surface area contributed by atoms with Crippen LogP contribution in [0.2, 0.25) is 0 Å². The van der Waals surface area contributed by atoms with E-state index >= 15 is 0 Å². The van der Waals surface area contributed by atoms with Crippen LogP contribution in [0.5, 0.6) is 0 Å². The van der Waals surface area contributed by atoms with Crippen molar-refractivity contribution in [2.24, 2.45) is 0 Å². The van der Waals surface area contributed by atoms with E-state index in [0.717, 1.165) is 23.1 Å². The Morgan fingerprint density at radius 2 is 2.09 bits per heavy atom. The van der Waals surface area contributed by atoms with Gasteiger partial charge >= 0.3 is 0 Å². The van der Waals surface area contributed by atoms with Crippen LogP contribution in [-0.4, -0.2) is 10.9 Å². The molecule has 0 bridgehead atoms. The van der Waals surface area contributed by atoms with Crippen molar-refractivity contribution < 1.29 is 9.21 Å². The summed E-state index contributed by atoms with van der Waals surface area (Å²) in [5.41, 5.74) is 5.03. The molecular weight excluding hydrogens is 276 g/mol. The molecular formula is C18H18N2O2. The second kappa shape index (κ2) is 6.43. The van der Waals surface area contributed by atoms with Gasteiger partial charge in [-0.3, -0.25) is 4.79 Å². The van der Waals surface area contributed by atoms with Gasteiger partial charge in [0, 0.05) is 13.0 Å². The molecule has 1 heterocycles. The zero-order chi connectivity index (χ0) is 15.4. The van der Waals surface area contributed by atoms with Crippen LogP contribution in [0.15, 0.2) is 53.3 Å². The van der Waals surface area contributed by atoms with Gasteiger partial charge in [-0.25, -0.2) is 4.98 Å². The molecule has 0 atom stereocenters. The van der Waals surface area contributed by atoms with Gasteiger partial charge in [0.15, 0.2) is 12.0 Å². The molecule has 1 aromatic heterocycles. The number of carbonyl (C=O) groups excluding carboxylic acids is 1. The number of amides is 1. The average molecular weight is 294 g/mol. The number of aromatic nitrogens is 1. The van der Waals surface area contributed by atoms with E-state index in [1.165, 1.54) is 17.5 Å². The van der Waals surface area contributed by atoms with Crippen molar-refractivity contribution >= 4 is 17.0 Å². The number of fused-ring (bicyclic) bond motifs is 1. The Morgan fingerprint density at radius 1 is 1.23 bits per heavy atom. The van der Waals surface area contributed by atoms with Crippen LogP contribution in [0.3, 0.4) is 0 Å². The molecule has 2 aromatic carbocycles.